The Hall–Kier alpha value is -3.81. The quantitative estimate of drug-likeness (QED) is 0.406. The normalized spacial score (nSPS) is 11.0. The summed E-state index contributed by atoms with van der Waals surface area (Å²) in [6.45, 7) is 5.89. The molecule has 8 heteroatoms. The van der Waals surface area contributed by atoms with Gasteiger partial charge in [-0.2, -0.15) is 4.98 Å². The van der Waals surface area contributed by atoms with Gasteiger partial charge >= 0.3 is 5.63 Å². The molecule has 0 amide bonds. The monoisotopic (exact) mass is 421 g/mol. The van der Waals surface area contributed by atoms with Crippen LogP contribution < -0.4 is 20.0 Å². The Morgan fingerprint density at radius 1 is 1.00 bits per heavy atom. The van der Waals surface area contributed by atoms with Crippen molar-refractivity contribution in [1.82, 2.24) is 10.1 Å². The van der Waals surface area contributed by atoms with Gasteiger partial charge in [-0.3, -0.25) is 0 Å². The maximum absolute atomic E-state index is 12.7. The molecule has 0 saturated carbocycles. The third-order valence-corrected chi connectivity index (χ3v) is 5.15. The second kappa shape index (κ2) is 8.51. The molecule has 2 aromatic carbocycles. The van der Waals surface area contributed by atoms with Gasteiger partial charge in [-0.1, -0.05) is 11.2 Å². The molecule has 4 aromatic rings. The predicted molar refractivity (Wildman–Crippen MR) is 118 cm³/mol. The number of rotatable bonds is 7. The summed E-state index contributed by atoms with van der Waals surface area (Å²) in [5, 5.41) is 4.79. The maximum Gasteiger partial charge on any atom is 0.349 e. The lowest BCUT2D eigenvalue weighted by molar-refractivity contribution is 0.355. The first-order valence-electron chi connectivity index (χ1n) is 9.97. The lowest BCUT2D eigenvalue weighted by Crippen LogP contribution is -2.21. The molecule has 0 unspecified atom stereocenters. The van der Waals surface area contributed by atoms with E-state index in [0.717, 1.165) is 24.2 Å². The first kappa shape index (κ1) is 20.5. The average molecular weight is 421 g/mol. The second-order valence-corrected chi connectivity index (χ2v) is 6.81. The topological polar surface area (TPSA) is 90.8 Å². The van der Waals surface area contributed by atoms with Crippen LogP contribution in [0.5, 0.6) is 11.5 Å². The van der Waals surface area contributed by atoms with Crippen molar-refractivity contribution in [2.45, 2.75) is 13.8 Å². The number of hydrogen-bond donors (Lipinski definition) is 0. The van der Waals surface area contributed by atoms with Gasteiger partial charge in [-0.15, -0.1) is 0 Å². The van der Waals surface area contributed by atoms with Crippen molar-refractivity contribution < 1.29 is 18.4 Å². The molecule has 8 nitrogen and oxygen atoms in total. The van der Waals surface area contributed by atoms with Crippen LogP contribution in [-0.2, 0) is 0 Å². The first-order chi connectivity index (χ1) is 15.1. The molecular weight excluding hydrogens is 398 g/mol. The number of ether oxygens (including phenoxy) is 2. The number of fused-ring (bicyclic) bond motifs is 1. The van der Waals surface area contributed by atoms with Gasteiger partial charge in [0.25, 0.3) is 5.89 Å². The zero-order valence-electron chi connectivity index (χ0n) is 17.8. The summed E-state index contributed by atoms with van der Waals surface area (Å²) in [6, 6.07) is 12.8. The third-order valence-electron chi connectivity index (χ3n) is 5.15. The molecule has 0 aliphatic carbocycles. The van der Waals surface area contributed by atoms with E-state index in [-0.39, 0.29) is 17.3 Å². The van der Waals surface area contributed by atoms with Crippen molar-refractivity contribution in [3.8, 4) is 34.3 Å². The highest BCUT2D eigenvalue weighted by atomic mass is 16.5. The van der Waals surface area contributed by atoms with E-state index < -0.39 is 5.63 Å². The second-order valence-electron chi connectivity index (χ2n) is 6.81. The van der Waals surface area contributed by atoms with Crippen LogP contribution in [-0.4, -0.2) is 37.4 Å². The molecule has 0 fully saturated rings. The Labute approximate surface area is 179 Å². The summed E-state index contributed by atoms with van der Waals surface area (Å²) < 4.78 is 21.7. The number of hydrogen-bond acceptors (Lipinski definition) is 8. The van der Waals surface area contributed by atoms with E-state index in [1.165, 1.54) is 7.11 Å². The summed E-state index contributed by atoms with van der Waals surface area (Å²) in [5.41, 5.74) is 1.75. The number of aromatic nitrogens is 2. The minimum atomic E-state index is -0.544. The molecule has 31 heavy (non-hydrogen) atoms. The van der Waals surface area contributed by atoms with Gasteiger partial charge in [0.2, 0.25) is 5.82 Å². The summed E-state index contributed by atoms with van der Waals surface area (Å²) in [5.74, 6) is 1.37. The standard InChI is InChI=1S/C23H23N3O5/c1-5-26(6-2)15-11-10-14-12-17(23(27)30-19(14)13-15)22-24-21(25-31-22)16-8-7-9-18(28-3)20(16)29-4/h7-13H,5-6H2,1-4H3. The zero-order chi connectivity index (χ0) is 22.0. The average Bonchev–Trinajstić information content (AvgIpc) is 3.28. The number of methoxy groups -OCH3 is 2. The van der Waals surface area contributed by atoms with Crippen LogP contribution in [0.25, 0.3) is 33.8 Å². The number of nitrogens with zero attached hydrogens (tertiary/aromatic N) is 3. The predicted octanol–water partition coefficient (Wildman–Crippen LogP) is 4.37. The Morgan fingerprint density at radius 3 is 2.52 bits per heavy atom. The van der Waals surface area contributed by atoms with Gasteiger partial charge in [0.05, 0.1) is 19.8 Å². The minimum absolute atomic E-state index is 0.0725. The molecule has 0 spiro atoms. The molecule has 0 radical (unpaired) electrons. The molecule has 0 aliphatic heterocycles. The summed E-state index contributed by atoms with van der Waals surface area (Å²) in [4.78, 5) is 19.2. The van der Waals surface area contributed by atoms with Crippen molar-refractivity contribution in [2.75, 3.05) is 32.2 Å². The summed E-state index contributed by atoms with van der Waals surface area (Å²) >= 11 is 0. The van der Waals surface area contributed by atoms with Crippen LogP contribution in [0.3, 0.4) is 0 Å². The first-order valence-corrected chi connectivity index (χ1v) is 9.97. The number of benzene rings is 2. The number of para-hydroxylation sites is 1. The third kappa shape index (κ3) is 3.72. The zero-order valence-corrected chi connectivity index (χ0v) is 17.8. The van der Waals surface area contributed by atoms with E-state index in [2.05, 4.69) is 28.9 Å². The molecule has 0 bridgehead atoms. The molecule has 0 saturated heterocycles. The van der Waals surface area contributed by atoms with E-state index in [1.54, 1.807) is 31.4 Å². The smallest absolute Gasteiger partial charge is 0.349 e. The van der Waals surface area contributed by atoms with Crippen molar-refractivity contribution >= 4 is 16.7 Å². The highest BCUT2D eigenvalue weighted by molar-refractivity contribution is 5.83. The highest BCUT2D eigenvalue weighted by Gasteiger charge is 2.20. The van der Waals surface area contributed by atoms with E-state index >= 15 is 0 Å². The van der Waals surface area contributed by atoms with E-state index in [1.807, 2.05) is 18.2 Å². The fourth-order valence-corrected chi connectivity index (χ4v) is 3.54. The molecule has 0 aliphatic rings. The highest BCUT2D eigenvalue weighted by Crippen LogP contribution is 2.37. The van der Waals surface area contributed by atoms with Crippen LogP contribution in [0.4, 0.5) is 5.69 Å². The van der Waals surface area contributed by atoms with Crippen molar-refractivity contribution in [2.24, 2.45) is 0 Å². The Morgan fingerprint density at radius 2 is 1.81 bits per heavy atom. The minimum Gasteiger partial charge on any atom is -0.493 e. The van der Waals surface area contributed by atoms with Crippen LogP contribution in [0.2, 0.25) is 0 Å². The van der Waals surface area contributed by atoms with Gasteiger partial charge in [0, 0.05) is 30.2 Å². The van der Waals surface area contributed by atoms with Crippen LogP contribution in [0, 0.1) is 0 Å². The Kier molecular flexibility index (Phi) is 5.62. The van der Waals surface area contributed by atoms with E-state index in [0.29, 0.717) is 22.6 Å². The molecule has 160 valence electrons. The number of anilines is 1. The van der Waals surface area contributed by atoms with Gasteiger partial charge in [-0.05, 0) is 44.2 Å². The largest absolute Gasteiger partial charge is 0.493 e. The molecule has 0 N–H and O–H groups in total. The van der Waals surface area contributed by atoms with Crippen molar-refractivity contribution in [3.63, 3.8) is 0 Å². The van der Waals surface area contributed by atoms with Crippen LogP contribution >= 0.6 is 0 Å². The lowest BCUT2D eigenvalue weighted by atomic mass is 10.1. The van der Waals surface area contributed by atoms with Gasteiger partial charge < -0.3 is 23.3 Å². The Balaban J connectivity index is 1.75. The Bertz CT molecular complexity index is 1270. The summed E-state index contributed by atoms with van der Waals surface area (Å²) in [6.07, 6.45) is 0. The summed E-state index contributed by atoms with van der Waals surface area (Å²) in [7, 11) is 3.09. The fourth-order valence-electron chi connectivity index (χ4n) is 3.54. The van der Waals surface area contributed by atoms with Crippen LogP contribution in [0.1, 0.15) is 13.8 Å². The van der Waals surface area contributed by atoms with Gasteiger partial charge in [0.15, 0.2) is 11.5 Å². The van der Waals surface area contributed by atoms with Gasteiger partial charge in [-0.25, -0.2) is 4.79 Å². The molecule has 0 atom stereocenters. The van der Waals surface area contributed by atoms with Crippen LogP contribution in [0.15, 0.2) is 56.2 Å². The van der Waals surface area contributed by atoms with Crippen molar-refractivity contribution in [1.29, 1.82) is 0 Å². The molecular formula is C23H23N3O5. The van der Waals surface area contributed by atoms with E-state index in [4.69, 9.17) is 18.4 Å². The van der Waals surface area contributed by atoms with E-state index in [9.17, 15) is 4.79 Å². The molecule has 2 aromatic heterocycles. The SMILES string of the molecule is CCN(CC)c1ccc2cc(-c3nc(-c4cccc(OC)c4OC)no3)c(=O)oc2c1. The molecule has 4 rings (SSSR count). The molecule has 2 heterocycles. The van der Waals surface area contributed by atoms with Gasteiger partial charge in [0.1, 0.15) is 11.1 Å². The van der Waals surface area contributed by atoms with Crippen molar-refractivity contribution in [3.05, 3.63) is 52.9 Å². The fraction of sp³-hybridized carbons (Fsp3) is 0.261. The maximum atomic E-state index is 12.7. The lowest BCUT2D eigenvalue weighted by Gasteiger charge is -2.20.